The Balaban J connectivity index is 1.94. The van der Waals surface area contributed by atoms with Gasteiger partial charge in [0.25, 0.3) is 11.6 Å². The number of nitrogens with zero attached hydrogens (tertiary/aromatic N) is 1. The zero-order valence-corrected chi connectivity index (χ0v) is 8.42. The molecule has 4 fully saturated rings. The highest BCUT2D eigenvalue weighted by Gasteiger charge is 2.57. The minimum atomic E-state index is 0.365. The monoisotopic (exact) mass is 176 g/mol. The summed E-state index contributed by atoms with van der Waals surface area (Å²) < 4.78 is 0. The van der Waals surface area contributed by atoms with Gasteiger partial charge in [-0.2, -0.15) is 0 Å². The van der Waals surface area contributed by atoms with E-state index in [4.69, 9.17) is 0 Å². The first-order valence-electron chi connectivity index (χ1n) is 5.68. The largest absolute Gasteiger partial charge is 0.281 e. The lowest BCUT2D eigenvalue weighted by Crippen LogP contribution is -2.48. The maximum Gasteiger partial charge on any atom is 0.281 e. The summed E-state index contributed by atoms with van der Waals surface area (Å²) in [6.45, 7) is 1.96. The second-order valence-electron chi connectivity index (χ2n) is 5.48. The van der Waals surface area contributed by atoms with Gasteiger partial charge in [-0.05, 0) is 37.0 Å². The highest BCUT2D eigenvalue weighted by molar-refractivity contribution is 5.14. The summed E-state index contributed by atoms with van der Waals surface area (Å²) in [5.74, 6) is 3.05. The Kier molecular flexibility index (Phi) is 1.51. The van der Waals surface area contributed by atoms with Crippen molar-refractivity contribution in [2.45, 2.75) is 51.0 Å². The molecule has 4 aliphatic carbocycles. The molecule has 0 radical (unpaired) electrons. The van der Waals surface area contributed by atoms with E-state index in [1.54, 1.807) is 0 Å². The summed E-state index contributed by atoms with van der Waals surface area (Å²) in [5, 5.41) is 0. The van der Waals surface area contributed by atoms with Crippen molar-refractivity contribution in [1.82, 2.24) is 0 Å². The summed E-state index contributed by atoms with van der Waals surface area (Å²) in [6.07, 6.45) is 8.66. The van der Waals surface area contributed by atoms with Crippen LogP contribution in [0.15, 0.2) is 0 Å². The molecular weight excluding hydrogens is 158 g/mol. The maximum absolute atomic E-state index is 4.67. The van der Waals surface area contributed by atoms with Gasteiger partial charge in [0, 0.05) is 19.3 Å². The van der Waals surface area contributed by atoms with Gasteiger partial charge in [0.1, 0.15) is 0 Å². The molecule has 0 unspecified atom stereocenters. The summed E-state index contributed by atoms with van der Waals surface area (Å²) >= 11 is 0. The van der Waals surface area contributed by atoms with E-state index in [9.17, 15) is 0 Å². The van der Waals surface area contributed by atoms with Crippen molar-refractivity contribution in [3.05, 3.63) is 4.85 Å². The van der Waals surface area contributed by atoms with Crippen LogP contribution < -0.4 is 0 Å². The lowest BCUT2D eigenvalue weighted by Gasteiger charge is -2.48. The molecule has 4 bridgehead atoms. The fraction of sp³-hybridized carbons (Fsp3) is 0.917. The van der Waals surface area contributed by atoms with Crippen molar-refractivity contribution in [1.29, 1.82) is 0 Å². The van der Waals surface area contributed by atoms with Gasteiger partial charge in [0.15, 0.2) is 0 Å². The molecule has 1 heteroatoms. The van der Waals surface area contributed by atoms with Gasteiger partial charge in [-0.3, -0.25) is 0 Å². The van der Waals surface area contributed by atoms with Crippen LogP contribution in [-0.4, -0.2) is 5.54 Å². The molecule has 4 rings (SSSR count). The Morgan fingerprint density at radius 3 is 1.85 bits per heavy atom. The SMILES string of the molecule is CC#[N+]C12CC3CC(CC(C3)C1)C2. The van der Waals surface area contributed by atoms with E-state index in [1.165, 1.54) is 38.5 Å². The first kappa shape index (κ1) is 7.85. The Morgan fingerprint density at radius 2 is 1.46 bits per heavy atom. The maximum atomic E-state index is 4.67. The molecule has 70 valence electrons. The van der Waals surface area contributed by atoms with E-state index < -0.39 is 0 Å². The zero-order valence-electron chi connectivity index (χ0n) is 8.42. The Bertz CT molecular complexity index is 246. The predicted molar refractivity (Wildman–Crippen MR) is 53.8 cm³/mol. The Labute approximate surface area is 80.3 Å². The van der Waals surface area contributed by atoms with Gasteiger partial charge in [-0.1, -0.05) is 4.85 Å². The van der Waals surface area contributed by atoms with Gasteiger partial charge in [-0.15, -0.1) is 0 Å². The van der Waals surface area contributed by atoms with E-state index in [2.05, 4.69) is 10.9 Å². The molecular formula is C12H18N+. The second kappa shape index (κ2) is 2.50. The van der Waals surface area contributed by atoms with Gasteiger partial charge in [-0.25, -0.2) is 0 Å². The smallest absolute Gasteiger partial charge is 0.0774 e. The van der Waals surface area contributed by atoms with Crippen LogP contribution in [0.4, 0.5) is 0 Å². The van der Waals surface area contributed by atoms with E-state index in [1.807, 2.05) is 6.92 Å². The van der Waals surface area contributed by atoms with Crippen LogP contribution in [0.3, 0.4) is 0 Å². The van der Waals surface area contributed by atoms with Crippen molar-refractivity contribution in [2.75, 3.05) is 0 Å². The van der Waals surface area contributed by atoms with Crippen molar-refractivity contribution in [3.8, 4) is 6.07 Å². The first-order chi connectivity index (χ1) is 6.30. The normalized spacial score (nSPS) is 51.6. The van der Waals surface area contributed by atoms with Crippen molar-refractivity contribution >= 4 is 0 Å². The average Bonchev–Trinajstić information content (AvgIpc) is 2.00. The van der Waals surface area contributed by atoms with E-state index in [0.29, 0.717) is 5.54 Å². The minimum Gasteiger partial charge on any atom is -0.0774 e. The van der Waals surface area contributed by atoms with Gasteiger partial charge < -0.3 is 0 Å². The average molecular weight is 176 g/mol. The summed E-state index contributed by atoms with van der Waals surface area (Å²) in [6, 6.07) is 3.05. The number of hydrogen-bond donors (Lipinski definition) is 0. The van der Waals surface area contributed by atoms with Crippen LogP contribution in [-0.2, 0) is 0 Å². The minimum absolute atomic E-state index is 0.365. The van der Waals surface area contributed by atoms with Crippen molar-refractivity contribution in [2.24, 2.45) is 17.8 Å². The quantitative estimate of drug-likeness (QED) is 0.533. The van der Waals surface area contributed by atoms with Crippen LogP contribution >= 0.6 is 0 Å². The fourth-order valence-corrected chi connectivity index (χ4v) is 4.44. The fourth-order valence-electron chi connectivity index (χ4n) is 4.44. The molecule has 0 aromatic carbocycles. The third-order valence-corrected chi connectivity index (χ3v) is 4.35. The molecule has 0 aromatic rings. The molecule has 4 saturated carbocycles. The molecule has 0 amide bonds. The molecule has 13 heavy (non-hydrogen) atoms. The first-order valence-corrected chi connectivity index (χ1v) is 5.68. The summed E-state index contributed by atoms with van der Waals surface area (Å²) in [5.41, 5.74) is 0.365. The molecule has 0 heterocycles. The second-order valence-corrected chi connectivity index (χ2v) is 5.48. The molecule has 1 nitrogen and oxygen atoms in total. The Hall–Kier alpha value is -0.510. The molecule has 0 aliphatic heterocycles. The molecule has 0 atom stereocenters. The third kappa shape index (κ3) is 1.11. The standard InChI is InChI=1S/C12H18N/c1-2-13-12-6-9-3-10(7-12)5-11(4-9)8-12/h9-11H,3-8H2,1H3/q+1. The van der Waals surface area contributed by atoms with E-state index >= 15 is 0 Å². The van der Waals surface area contributed by atoms with E-state index in [0.717, 1.165) is 17.8 Å². The van der Waals surface area contributed by atoms with Crippen LogP contribution in [0.25, 0.3) is 4.85 Å². The highest BCUT2D eigenvalue weighted by atomic mass is 14.8. The topological polar surface area (TPSA) is 4.36 Å². The number of hydrogen-bond acceptors (Lipinski definition) is 0. The summed E-state index contributed by atoms with van der Waals surface area (Å²) in [4.78, 5) is 4.67. The zero-order chi connectivity index (χ0) is 8.89. The van der Waals surface area contributed by atoms with Crippen LogP contribution in [0.1, 0.15) is 45.4 Å². The number of rotatable bonds is 0. The van der Waals surface area contributed by atoms with Crippen LogP contribution in [0.5, 0.6) is 0 Å². The Morgan fingerprint density at radius 1 is 1.00 bits per heavy atom. The van der Waals surface area contributed by atoms with Gasteiger partial charge in [0.05, 0.1) is 6.92 Å². The molecule has 0 N–H and O–H groups in total. The lowest BCUT2D eigenvalue weighted by atomic mass is 9.53. The highest BCUT2D eigenvalue weighted by Crippen LogP contribution is 2.57. The van der Waals surface area contributed by atoms with Crippen molar-refractivity contribution < 1.29 is 0 Å². The summed E-state index contributed by atoms with van der Waals surface area (Å²) in [7, 11) is 0. The van der Waals surface area contributed by atoms with Gasteiger partial charge in [0.2, 0.25) is 0 Å². The third-order valence-electron chi connectivity index (χ3n) is 4.35. The van der Waals surface area contributed by atoms with Crippen LogP contribution in [0.2, 0.25) is 0 Å². The van der Waals surface area contributed by atoms with Crippen LogP contribution in [0, 0.1) is 23.8 Å². The molecule has 0 saturated heterocycles. The lowest BCUT2D eigenvalue weighted by molar-refractivity contribution is 0.0186. The predicted octanol–water partition coefficient (Wildman–Crippen LogP) is 3.31. The molecule has 4 aliphatic rings. The molecule has 0 aromatic heterocycles. The van der Waals surface area contributed by atoms with Gasteiger partial charge >= 0.3 is 0 Å². The molecule has 0 spiro atoms. The van der Waals surface area contributed by atoms with E-state index in [-0.39, 0.29) is 0 Å². The van der Waals surface area contributed by atoms with Crippen molar-refractivity contribution in [3.63, 3.8) is 0 Å².